The van der Waals surface area contributed by atoms with Crippen LogP contribution in [-0.2, 0) is 10.8 Å². The molecule has 0 radical (unpaired) electrons. The number of nitrogens with zero attached hydrogens (tertiary/aromatic N) is 1. The molecule has 2 aliphatic carbocycles. The van der Waals surface area contributed by atoms with Gasteiger partial charge < -0.3 is 9.32 Å². The van der Waals surface area contributed by atoms with Crippen LogP contribution in [0.3, 0.4) is 0 Å². The predicted molar refractivity (Wildman–Crippen MR) is 226 cm³/mol. The average molecular weight is 696 g/mol. The molecule has 0 aliphatic heterocycles. The molecule has 0 amide bonds. The summed E-state index contributed by atoms with van der Waals surface area (Å²) in [6.45, 7) is 7.15. The quantitative estimate of drug-likeness (QED) is 0.172. The maximum absolute atomic E-state index is 7.09. The number of fused-ring (bicyclic) bond motifs is 7. The van der Waals surface area contributed by atoms with Crippen molar-refractivity contribution in [3.8, 4) is 33.4 Å². The number of benzene rings is 7. The molecule has 54 heavy (non-hydrogen) atoms. The van der Waals surface area contributed by atoms with Gasteiger partial charge in [0.05, 0.1) is 5.41 Å². The van der Waals surface area contributed by atoms with Crippen LogP contribution in [0.25, 0.3) is 50.4 Å². The molecule has 1 aromatic heterocycles. The van der Waals surface area contributed by atoms with Crippen molar-refractivity contribution in [3.05, 3.63) is 204 Å². The van der Waals surface area contributed by atoms with E-state index < -0.39 is 0 Å². The summed E-state index contributed by atoms with van der Waals surface area (Å²) in [5.74, 6) is 1.39. The highest BCUT2D eigenvalue weighted by atomic mass is 16.3. The minimum absolute atomic E-state index is 0.00672. The molecule has 10 rings (SSSR count). The maximum Gasteiger partial charge on any atom is 0.142 e. The maximum atomic E-state index is 7.09. The van der Waals surface area contributed by atoms with E-state index in [9.17, 15) is 0 Å². The van der Waals surface area contributed by atoms with Gasteiger partial charge in [0.15, 0.2) is 0 Å². The van der Waals surface area contributed by atoms with Gasteiger partial charge in [-0.05, 0) is 87.7 Å². The molecule has 2 unspecified atom stereocenters. The molecule has 0 spiro atoms. The monoisotopic (exact) mass is 695 g/mol. The third-order valence-corrected chi connectivity index (χ3v) is 12.2. The smallest absolute Gasteiger partial charge is 0.142 e. The third-order valence-electron chi connectivity index (χ3n) is 12.2. The highest BCUT2D eigenvalue weighted by molar-refractivity contribution is 5.99. The summed E-state index contributed by atoms with van der Waals surface area (Å²) in [7, 11) is 0. The van der Waals surface area contributed by atoms with Crippen molar-refractivity contribution in [2.45, 2.75) is 31.6 Å². The first kappa shape index (κ1) is 32.3. The first-order valence-corrected chi connectivity index (χ1v) is 19.0. The van der Waals surface area contributed by atoms with Crippen LogP contribution in [0.1, 0.15) is 43.2 Å². The van der Waals surface area contributed by atoms with Crippen LogP contribution in [-0.4, -0.2) is 0 Å². The molecule has 8 aromatic rings. The number of para-hydroxylation sites is 1. The second kappa shape index (κ2) is 12.4. The Balaban J connectivity index is 1.05. The first-order valence-electron chi connectivity index (χ1n) is 19.0. The van der Waals surface area contributed by atoms with Crippen molar-refractivity contribution in [1.82, 2.24) is 0 Å². The summed E-state index contributed by atoms with van der Waals surface area (Å²) in [6, 6.07) is 63.4. The zero-order valence-electron chi connectivity index (χ0n) is 30.8. The Kier molecular flexibility index (Phi) is 7.39. The first-order chi connectivity index (χ1) is 26.4. The Morgan fingerprint density at radius 1 is 0.463 bits per heavy atom. The molecule has 0 saturated heterocycles. The van der Waals surface area contributed by atoms with Crippen molar-refractivity contribution in [2.75, 3.05) is 4.90 Å². The third kappa shape index (κ3) is 4.94. The Bertz CT molecular complexity index is 2580. The minimum Gasteiger partial charge on any atom is -0.459 e. The molecule has 0 bridgehead atoms. The van der Waals surface area contributed by atoms with E-state index in [-0.39, 0.29) is 10.8 Å². The molecular weight excluding hydrogens is 655 g/mol. The fourth-order valence-electron chi connectivity index (χ4n) is 9.46. The van der Waals surface area contributed by atoms with Crippen LogP contribution in [0.15, 0.2) is 186 Å². The van der Waals surface area contributed by atoms with Gasteiger partial charge in [-0.2, -0.15) is 0 Å². The van der Waals surface area contributed by atoms with Crippen LogP contribution in [0, 0.1) is 5.92 Å². The van der Waals surface area contributed by atoms with E-state index >= 15 is 0 Å². The topological polar surface area (TPSA) is 16.4 Å². The zero-order valence-corrected chi connectivity index (χ0v) is 30.8. The standard InChI is InChI=1S/C52H41NO/c1-51(2)46-19-10-11-20-47(46)52(3)48(51)34-33-45-44-18-12-17-43(49(44)54-50(45)52)39-25-31-42(32-26-39)53(40-27-21-37(22-28-40)35-13-6-4-7-14-35)41-29-23-38(24-30-41)36-15-8-5-9-16-36/h4-34,48H,1-3H3. The molecule has 1 heterocycles. The lowest BCUT2D eigenvalue weighted by molar-refractivity contribution is 0.281. The van der Waals surface area contributed by atoms with Crippen molar-refractivity contribution < 1.29 is 4.42 Å². The summed E-state index contributed by atoms with van der Waals surface area (Å²) in [4.78, 5) is 2.34. The summed E-state index contributed by atoms with van der Waals surface area (Å²) in [6.07, 6.45) is 4.75. The van der Waals surface area contributed by atoms with Gasteiger partial charge in [-0.25, -0.2) is 0 Å². The van der Waals surface area contributed by atoms with Crippen LogP contribution in [0.4, 0.5) is 17.1 Å². The lowest BCUT2D eigenvalue weighted by Gasteiger charge is -2.37. The van der Waals surface area contributed by atoms with Crippen molar-refractivity contribution in [1.29, 1.82) is 0 Å². The lowest BCUT2D eigenvalue weighted by atomic mass is 9.65. The van der Waals surface area contributed by atoms with Crippen molar-refractivity contribution >= 4 is 34.1 Å². The van der Waals surface area contributed by atoms with Gasteiger partial charge in [0.25, 0.3) is 0 Å². The molecule has 2 atom stereocenters. The van der Waals surface area contributed by atoms with E-state index in [4.69, 9.17) is 4.42 Å². The molecule has 7 aromatic carbocycles. The fourth-order valence-corrected chi connectivity index (χ4v) is 9.46. The molecule has 2 nitrogen and oxygen atoms in total. The second-order valence-corrected chi connectivity index (χ2v) is 15.5. The van der Waals surface area contributed by atoms with E-state index in [1.54, 1.807) is 0 Å². The molecule has 2 aliphatic rings. The minimum atomic E-state index is -0.239. The van der Waals surface area contributed by atoms with Gasteiger partial charge in [-0.1, -0.05) is 166 Å². The average Bonchev–Trinajstić information content (AvgIpc) is 3.70. The number of rotatable bonds is 6. The van der Waals surface area contributed by atoms with E-state index in [0.717, 1.165) is 39.5 Å². The zero-order chi connectivity index (χ0) is 36.4. The van der Waals surface area contributed by atoms with Crippen LogP contribution in [0.5, 0.6) is 0 Å². The highest BCUT2D eigenvalue weighted by Crippen LogP contribution is 2.61. The summed E-state index contributed by atoms with van der Waals surface area (Å²) < 4.78 is 7.09. The van der Waals surface area contributed by atoms with Crippen LogP contribution in [0.2, 0.25) is 0 Å². The van der Waals surface area contributed by atoms with Gasteiger partial charge in [0, 0.05) is 39.5 Å². The van der Waals surface area contributed by atoms with Gasteiger partial charge in [0.2, 0.25) is 0 Å². The number of furan rings is 1. The molecule has 0 N–H and O–H groups in total. The van der Waals surface area contributed by atoms with E-state index in [1.165, 1.54) is 44.3 Å². The molecular formula is C52H41NO. The number of allylic oxidation sites excluding steroid dienone is 1. The van der Waals surface area contributed by atoms with Gasteiger partial charge >= 0.3 is 0 Å². The Morgan fingerprint density at radius 3 is 1.50 bits per heavy atom. The second-order valence-electron chi connectivity index (χ2n) is 15.5. The van der Waals surface area contributed by atoms with Crippen LogP contribution < -0.4 is 4.90 Å². The largest absolute Gasteiger partial charge is 0.459 e. The SMILES string of the molecule is CC1(C)c2ccccc2C2(C)c3oc4c(-c5ccc(N(c6ccc(-c7ccccc7)cc6)c6ccc(-c7ccccc7)cc6)cc5)cccc4c3C=CC12. The predicted octanol–water partition coefficient (Wildman–Crippen LogP) is 14.1. The Labute approximate surface area is 317 Å². The molecule has 260 valence electrons. The fraction of sp³-hybridized carbons (Fsp3) is 0.115. The molecule has 2 heteroatoms. The lowest BCUT2D eigenvalue weighted by Crippen LogP contribution is -2.37. The van der Waals surface area contributed by atoms with Gasteiger partial charge in [-0.3, -0.25) is 0 Å². The van der Waals surface area contributed by atoms with E-state index in [0.29, 0.717) is 5.92 Å². The van der Waals surface area contributed by atoms with Crippen molar-refractivity contribution in [2.24, 2.45) is 5.92 Å². The highest BCUT2D eigenvalue weighted by Gasteiger charge is 2.56. The van der Waals surface area contributed by atoms with Gasteiger partial charge in [-0.15, -0.1) is 0 Å². The summed E-state index contributed by atoms with van der Waals surface area (Å²) in [5.41, 5.74) is 15.1. The molecule has 0 fully saturated rings. The summed E-state index contributed by atoms with van der Waals surface area (Å²) >= 11 is 0. The van der Waals surface area contributed by atoms with E-state index in [2.05, 4.69) is 214 Å². The van der Waals surface area contributed by atoms with E-state index in [1.807, 2.05) is 0 Å². The van der Waals surface area contributed by atoms with Crippen molar-refractivity contribution in [3.63, 3.8) is 0 Å². The van der Waals surface area contributed by atoms with Gasteiger partial charge in [0.1, 0.15) is 11.3 Å². The summed E-state index contributed by atoms with van der Waals surface area (Å²) in [5, 5.41) is 1.17. The number of anilines is 3. The number of hydrogen-bond donors (Lipinski definition) is 0. The molecule has 0 saturated carbocycles. The number of hydrogen-bond acceptors (Lipinski definition) is 2. The van der Waals surface area contributed by atoms with Crippen LogP contribution >= 0.6 is 0 Å². The normalized spacial score (nSPS) is 17.9. The Hall–Kier alpha value is -6.38. The Morgan fingerprint density at radius 2 is 0.944 bits per heavy atom.